The molecule has 0 heterocycles. The van der Waals surface area contributed by atoms with Gasteiger partial charge in [-0.15, -0.1) is 0 Å². The largest absolute Gasteiger partial charge is 0.484 e. The van der Waals surface area contributed by atoms with Crippen LogP contribution in [0.25, 0.3) is 0 Å². The quantitative estimate of drug-likeness (QED) is 0.567. The number of nitro benzene ring substituents is 1. The Balaban J connectivity index is 2.92. The summed E-state index contributed by atoms with van der Waals surface area (Å²) in [5, 5.41) is 24.3. The molecule has 0 unspecified atom stereocenters. The highest BCUT2D eigenvalue weighted by Crippen LogP contribution is 2.31. The number of rotatable bonds is 8. The van der Waals surface area contributed by atoms with Gasteiger partial charge in [0.25, 0.3) is 0 Å². The Hall–Kier alpha value is -1.82. The molecule has 6 nitrogen and oxygen atoms in total. The Morgan fingerprint density at radius 3 is 2.48 bits per heavy atom. The van der Waals surface area contributed by atoms with Crippen LogP contribution in [0.3, 0.4) is 0 Å². The van der Waals surface area contributed by atoms with Crippen LogP contribution in [0.5, 0.6) is 5.75 Å². The van der Waals surface area contributed by atoms with Gasteiger partial charge < -0.3 is 15.2 Å². The maximum atomic E-state index is 11.0. The summed E-state index contributed by atoms with van der Waals surface area (Å²) in [5.41, 5.74) is -0.145. The molecule has 0 aliphatic carbocycles. The van der Waals surface area contributed by atoms with E-state index in [2.05, 4.69) is 5.32 Å². The van der Waals surface area contributed by atoms with Crippen molar-refractivity contribution in [3.8, 4) is 5.75 Å². The van der Waals surface area contributed by atoms with E-state index in [9.17, 15) is 15.2 Å². The predicted octanol–water partition coefficient (Wildman–Crippen LogP) is 3.35. The summed E-state index contributed by atoms with van der Waals surface area (Å²) in [6.45, 7) is 7.87. The van der Waals surface area contributed by atoms with E-state index in [0.29, 0.717) is 25.1 Å². The monoisotopic (exact) mass is 296 g/mol. The first kappa shape index (κ1) is 17.2. The first-order valence-electron chi connectivity index (χ1n) is 7.22. The molecule has 1 aromatic carbocycles. The van der Waals surface area contributed by atoms with Crippen molar-refractivity contribution >= 4 is 11.4 Å². The van der Waals surface area contributed by atoms with Crippen molar-refractivity contribution in [2.75, 3.05) is 11.9 Å². The number of benzene rings is 1. The number of nitrogens with zero attached hydrogens (tertiary/aromatic N) is 1. The number of ether oxygens (including phenoxy) is 1. The van der Waals surface area contributed by atoms with E-state index < -0.39 is 10.5 Å². The highest BCUT2D eigenvalue weighted by Gasteiger charge is 2.22. The summed E-state index contributed by atoms with van der Waals surface area (Å²) < 4.78 is 5.49. The lowest BCUT2D eigenvalue weighted by atomic mass is 9.97. The Morgan fingerprint density at radius 2 is 2.00 bits per heavy atom. The van der Waals surface area contributed by atoms with Crippen molar-refractivity contribution in [2.45, 2.75) is 52.2 Å². The average molecular weight is 296 g/mol. The summed E-state index contributed by atoms with van der Waals surface area (Å²) in [5.74, 6) is 0.233. The Kier molecular flexibility index (Phi) is 5.96. The van der Waals surface area contributed by atoms with Gasteiger partial charge in [-0.05, 0) is 32.8 Å². The Morgan fingerprint density at radius 1 is 1.38 bits per heavy atom. The third-order valence-corrected chi connectivity index (χ3v) is 3.46. The molecule has 6 heteroatoms. The fourth-order valence-electron chi connectivity index (χ4n) is 1.89. The first-order valence-corrected chi connectivity index (χ1v) is 7.22. The van der Waals surface area contributed by atoms with Crippen LogP contribution in [0.1, 0.15) is 40.5 Å². The van der Waals surface area contributed by atoms with Crippen LogP contribution in [0, 0.1) is 10.1 Å². The Labute approximate surface area is 125 Å². The lowest BCUT2D eigenvalue weighted by Gasteiger charge is -2.26. The van der Waals surface area contributed by atoms with Gasteiger partial charge in [0.05, 0.1) is 16.6 Å². The fraction of sp³-hybridized carbons (Fsp3) is 0.600. The van der Waals surface area contributed by atoms with Crippen LogP contribution < -0.4 is 10.1 Å². The maximum Gasteiger partial charge on any atom is 0.311 e. The van der Waals surface area contributed by atoms with Gasteiger partial charge in [0, 0.05) is 24.4 Å². The minimum absolute atomic E-state index is 0.0597. The molecule has 0 radical (unpaired) electrons. The van der Waals surface area contributed by atoms with E-state index in [4.69, 9.17) is 4.74 Å². The molecule has 0 atom stereocenters. The second kappa shape index (κ2) is 7.26. The number of aliphatic hydroxyl groups is 1. The second-order valence-corrected chi connectivity index (χ2v) is 5.39. The van der Waals surface area contributed by atoms with Gasteiger partial charge in [0.1, 0.15) is 0 Å². The lowest BCUT2D eigenvalue weighted by molar-refractivity contribution is -0.386. The van der Waals surface area contributed by atoms with Crippen molar-refractivity contribution in [2.24, 2.45) is 0 Å². The third-order valence-electron chi connectivity index (χ3n) is 3.46. The van der Waals surface area contributed by atoms with Crippen LogP contribution in [0.4, 0.5) is 11.4 Å². The molecule has 0 saturated heterocycles. The number of hydrogen-bond donors (Lipinski definition) is 2. The van der Waals surface area contributed by atoms with E-state index in [-0.39, 0.29) is 17.5 Å². The van der Waals surface area contributed by atoms with Crippen molar-refractivity contribution in [1.29, 1.82) is 0 Å². The molecule has 0 bridgehead atoms. The molecule has 2 N–H and O–H groups in total. The van der Waals surface area contributed by atoms with E-state index in [1.165, 1.54) is 6.07 Å². The Bertz CT molecular complexity index is 485. The molecule has 21 heavy (non-hydrogen) atoms. The molecule has 0 spiro atoms. The zero-order chi connectivity index (χ0) is 16.0. The van der Waals surface area contributed by atoms with Crippen LogP contribution in [0.15, 0.2) is 18.2 Å². The van der Waals surface area contributed by atoms with Crippen molar-refractivity contribution in [3.63, 3.8) is 0 Å². The van der Waals surface area contributed by atoms with Crippen molar-refractivity contribution < 1.29 is 14.8 Å². The molecule has 0 saturated carbocycles. The number of nitrogens with one attached hydrogen (secondary N) is 1. The molecule has 1 rings (SSSR count). The van der Waals surface area contributed by atoms with E-state index in [1.807, 2.05) is 27.7 Å². The maximum absolute atomic E-state index is 11.0. The summed E-state index contributed by atoms with van der Waals surface area (Å²) in [6, 6.07) is 4.64. The summed E-state index contributed by atoms with van der Waals surface area (Å²) >= 11 is 0. The zero-order valence-corrected chi connectivity index (χ0v) is 13.0. The molecule has 0 aromatic heterocycles. The van der Waals surface area contributed by atoms with Gasteiger partial charge >= 0.3 is 5.69 Å². The van der Waals surface area contributed by atoms with Crippen molar-refractivity contribution in [3.05, 3.63) is 28.3 Å². The van der Waals surface area contributed by atoms with Crippen LogP contribution in [0.2, 0.25) is 0 Å². The third kappa shape index (κ3) is 4.90. The first-order chi connectivity index (χ1) is 9.81. The normalized spacial score (nSPS) is 11.5. The van der Waals surface area contributed by atoms with E-state index in [0.717, 1.165) is 0 Å². The van der Waals surface area contributed by atoms with Crippen LogP contribution in [-0.2, 0) is 0 Å². The average Bonchev–Trinajstić information content (AvgIpc) is 2.44. The molecule has 1 aromatic rings. The fourth-order valence-corrected chi connectivity index (χ4v) is 1.89. The standard InChI is InChI=1S/C15H24N2O4/c1-5-15(18,6-2)10-16-12-7-8-13(17(19)20)14(9-12)21-11(3)4/h7-9,11,16,18H,5-6,10H2,1-4H3. The minimum Gasteiger partial charge on any atom is -0.484 e. The number of anilines is 1. The van der Waals surface area contributed by atoms with Gasteiger partial charge in [-0.2, -0.15) is 0 Å². The van der Waals surface area contributed by atoms with Crippen LogP contribution in [-0.4, -0.2) is 28.3 Å². The van der Waals surface area contributed by atoms with Gasteiger partial charge in [-0.25, -0.2) is 0 Å². The highest BCUT2D eigenvalue weighted by atomic mass is 16.6. The number of nitro groups is 1. The topological polar surface area (TPSA) is 84.6 Å². The lowest BCUT2D eigenvalue weighted by Crippen LogP contribution is -2.35. The van der Waals surface area contributed by atoms with E-state index >= 15 is 0 Å². The predicted molar refractivity (Wildman–Crippen MR) is 82.9 cm³/mol. The molecular formula is C15H24N2O4. The van der Waals surface area contributed by atoms with E-state index in [1.54, 1.807) is 12.1 Å². The minimum atomic E-state index is -0.777. The second-order valence-electron chi connectivity index (χ2n) is 5.39. The SMILES string of the molecule is CCC(O)(CC)CNc1ccc([N+](=O)[O-])c(OC(C)C)c1. The van der Waals surface area contributed by atoms with Gasteiger partial charge in [-0.3, -0.25) is 10.1 Å². The molecule has 0 amide bonds. The smallest absolute Gasteiger partial charge is 0.311 e. The molecule has 0 aliphatic rings. The van der Waals surface area contributed by atoms with Crippen LogP contribution >= 0.6 is 0 Å². The van der Waals surface area contributed by atoms with Gasteiger partial charge in [0.15, 0.2) is 5.75 Å². The number of hydrogen-bond acceptors (Lipinski definition) is 5. The zero-order valence-electron chi connectivity index (χ0n) is 13.0. The molecule has 0 aliphatic heterocycles. The molecular weight excluding hydrogens is 272 g/mol. The molecule has 118 valence electrons. The van der Waals surface area contributed by atoms with Gasteiger partial charge in [0.2, 0.25) is 0 Å². The molecule has 0 fully saturated rings. The van der Waals surface area contributed by atoms with Crippen molar-refractivity contribution in [1.82, 2.24) is 0 Å². The summed E-state index contributed by atoms with van der Waals surface area (Å²) in [4.78, 5) is 10.5. The summed E-state index contributed by atoms with van der Waals surface area (Å²) in [6.07, 6.45) is 1.12. The highest BCUT2D eigenvalue weighted by molar-refractivity contribution is 5.58. The van der Waals surface area contributed by atoms with Gasteiger partial charge in [-0.1, -0.05) is 13.8 Å². The summed E-state index contributed by atoms with van der Waals surface area (Å²) in [7, 11) is 0.